The molecule has 1 aromatic heterocycles. The topological polar surface area (TPSA) is 168 Å². The summed E-state index contributed by atoms with van der Waals surface area (Å²) in [6.45, 7) is 4.84. The van der Waals surface area contributed by atoms with Crippen LogP contribution in [0.4, 0.5) is 33.9 Å². The maximum atomic E-state index is 16.5. The first kappa shape index (κ1) is 50.4. The predicted octanol–water partition coefficient (Wildman–Crippen LogP) is 8.36. The quantitative estimate of drug-likeness (QED) is 0.0826. The van der Waals surface area contributed by atoms with Gasteiger partial charge in [0.15, 0.2) is 28.8 Å². The average molecular weight is 1050 g/mol. The number of aromatic nitrogens is 2. The summed E-state index contributed by atoms with van der Waals surface area (Å²) in [6, 6.07) is 21.0. The summed E-state index contributed by atoms with van der Waals surface area (Å²) in [5.41, 5.74) is 9.12. The first-order valence-electron chi connectivity index (χ1n) is 25.6. The van der Waals surface area contributed by atoms with Gasteiger partial charge in [0.25, 0.3) is 0 Å². The van der Waals surface area contributed by atoms with E-state index in [-0.39, 0.29) is 88.6 Å². The van der Waals surface area contributed by atoms with Crippen LogP contribution in [0, 0.1) is 23.3 Å². The molecule has 1 aliphatic carbocycles. The van der Waals surface area contributed by atoms with Crippen LogP contribution in [0.15, 0.2) is 72.8 Å². The third-order valence-electron chi connectivity index (χ3n) is 16.3. The number of hydrogen-bond acceptors (Lipinski definition) is 10. The number of aryl methyl sites for hydroxylation is 1. The second-order valence-corrected chi connectivity index (χ2v) is 20.8. The Labute approximate surface area is 435 Å². The fourth-order valence-electron chi connectivity index (χ4n) is 12.5. The van der Waals surface area contributed by atoms with Crippen molar-refractivity contribution in [1.29, 1.82) is 0 Å². The number of carbonyl (C=O) groups excluding carboxylic acids is 3. The Morgan fingerprint density at radius 1 is 0.907 bits per heavy atom. The van der Waals surface area contributed by atoms with Gasteiger partial charge >= 0.3 is 6.03 Å². The molecule has 3 fully saturated rings. The smallest absolute Gasteiger partial charge is 0.329 e. The van der Waals surface area contributed by atoms with Gasteiger partial charge in [0.05, 0.1) is 22.6 Å². The molecule has 5 heterocycles. The molecule has 11 rings (SSSR count). The van der Waals surface area contributed by atoms with Crippen LogP contribution in [0.1, 0.15) is 89.0 Å². The van der Waals surface area contributed by atoms with E-state index in [2.05, 4.69) is 43.7 Å². The summed E-state index contributed by atoms with van der Waals surface area (Å²) in [5, 5.41) is 19.6. The number of hydrogen-bond donors (Lipinski definition) is 4. The highest BCUT2D eigenvalue weighted by Crippen LogP contribution is 2.57. The van der Waals surface area contributed by atoms with Crippen LogP contribution in [0.25, 0.3) is 22.0 Å². The van der Waals surface area contributed by atoms with Crippen LogP contribution in [0.3, 0.4) is 0 Å². The van der Waals surface area contributed by atoms with E-state index in [1.54, 1.807) is 7.05 Å². The number of urea groups is 1. The number of fused-ring (bicyclic) bond motifs is 3. The summed E-state index contributed by atoms with van der Waals surface area (Å²) in [7, 11) is 1.57. The minimum absolute atomic E-state index is 0.0318. The van der Waals surface area contributed by atoms with Gasteiger partial charge in [-0.1, -0.05) is 54.9 Å². The molecule has 392 valence electrons. The fourth-order valence-corrected chi connectivity index (χ4v) is 12.7. The Hall–Kier alpha value is -6.73. The number of aliphatic hydroxyl groups excluding tert-OH is 1. The Balaban J connectivity index is 0.747. The summed E-state index contributed by atoms with van der Waals surface area (Å²) >= 11 is 6.75. The van der Waals surface area contributed by atoms with Crippen LogP contribution in [0.2, 0.25) is 5.02 Å². The number of carbonyl (C=O) groups is 3. The van der Waals surface area contributed by atoms with Gasteiger partial charge in [0.1, 0.15) is 29.5 Å². The van der Waals surface area contributed by atoms with E-state index in [1.807, 2.05) is 37.3 Å². The van der Waals surface area contributed by atoms with Crippen LogP contribution < -0.4 is 35.6 Å². The molecule has 0 spiro atoms. The van der Waals surface area contributed by atoms with Crippen molar-refractivity contribution < 1.29 is 46.5 Å². The van der Waals surface area contributed by atoms with Crippen molar-refractivity contribution in [2.45, 2.75) is 81.4 Å². The van der Waals surface area contributed by atoms with Crippen molar-refractivity contribution in [2.24, 2.45) is 12.8 Å². The number of nitrogens with two attached hydrogens (primary N) is 1. The lowest BCUT2D eigenvalue weighted by Crippen LogP contribution is -2.49. The lowest BCUT2D eigenvalue weighted by Gasteiger charge is -2.42. The monoisotopic (exact) mass is 1050 g/mol. The molecule has 4 amide bonds. The van der Waals surface area contributed by atoms with Crippen molar-refractivity contribution in [3.63, 3.8) is 0 Å². The number of nitrogens with zero attached hydrogens (tertiary/aromatic N) is 5. The number of benzene rings is 5. The number of likely N-dealkylation sites (tertiary alicyclic amines) is 1. The first-order valence-corrected chi connectivity index (χ1v) is 26.0. The number of nitrogens with one attached hydrogen (secondary N) is 2. The molecule has 0 radical (unpaired) electrons. The third-order valence-corrected chi connectivity index (χ3v) is 16.7. The van der Waals surface area contributed by atoms with Crippen molar-refractivity contribution in [1.82, 2.24) is 25.3 Å². The van der Waals surface area contributed by atoms with Crippen LogP contribution in [-0.4, -0.2) is 102 Å². The number of imide groups is 1. The molecule has 4 aliphatic heterocycles. The number of piperidine rings is 2. The molecule has 5 aliphatic rings. The van der Waals surface area contributed by atoms with Gasteiger partial charge in [-0.2, -0.15) is 5.10 Å². The highest BCUT2D eigenvalue weighted by molar-refractivity contribution is 6.34. The number of ether oxygens (including phenoxy) is 2. The summed E-state index contributed by atoms with van der Waals surface area (Å²) in [4.78, 5) is 43.3. The Morgan fingerprint density at radius 3 is 2.37 bits per heavy atom. The third kappa shape index (κ3) is 8.92. The lowest BCUT2D eigenvalue weighted by molar-refractivity contribution is -0.120. The number of anilines is 2. The van der Waals surface area contributed by atoms with E-state index < -0.39 is 57.7 Å². The number of primary amides is 1. The van der Waals surface area contributed by atoms with Crippen molar-refractivity contribution >= 4 is 51.9 Å². The highest BCUT2D eigenvalue weighted by atomic mass is 35.5. The van der Waals surface area contributed by atoms with E-state index in [9.17, 15) is 19.5 Å². The molecule has 1 unspecified atom stereocenters. The van der Waals surface area contributed by atoms with Crippen molar-refractivity contribution in [3.8, 4) is 22.6 Å². The molecule has 6 aromatic rings. The van der Waals surface area contributed by atoms with E-state index in [0.717, 1.165) is 63.1 Å². The Bertz CT molecular complexity index is 3250. The summed E-state index contributed by atoms with van der Waals surface area (Å²) in [6.07, 6.45) is 4.70. The van der Waals surface area contributed by atoms with Gasteiger partial charge in [-0.05, 0) is 105 Å². The molecule has 75 heavy (non-hydrogen) atoms. The maximum absolute atomic E-state index is 16.5. The molecular weight excluding hydrogens is 992 g/mol. The van der Waals surface area contributed by atoms with E-state index in [4.69, 9.17) is 26.8 Å². The molecular formula is C56H57ClF4N8O6. The molecule has 3 saturated heterocycles. The number of rotatable bonds is 13. The standard InChI is InChI=1S/C56H57ClF4N8O6/c1-30-45-43(28-41(59)49(57)48(45)47-38(53(62)72)10-11-42(50(47)60)74-23-22-70)75-56(30,34-6-4-3-5-7-34)29-63-35-24-32-8-9-37(26-33(32)25-35)68-19-14-36(15-20-68)67-17-12-31(13-18-67)46-40(58)27-39-52(51(46)61)66(2)65-54(39)69-21-16-44(71)64-55(69)73/h3-11,26-28,30-31,35-36,63,70H,12-25,29H2,1-2H3,(H2,62,72)(H,64,71,73)/t30-,35?,56-/m0/s1. The number of halogens is 5. The molecule has 0 bridgehead atoms. The zero-order valence-corrected chi connectivity index (χ0v) is 42.3. The minimum atomic E-state index is -1.12. The predicted molar refractivity (Wildman–Crippen MR) is 276 cm³/mol. The normalized spacial score (nSPS) is 21.4. The van der Waals surface area contributed by atoms with E-state index in [1.165, 1.54) is 45.0 Å². The fraction of sp³-hybridized carbons (Fsp3) is 0.393. The van der Waals surface area contributed by atoms with Crippen LogP contribution >= 0.6 is 11.6 Å². The van der Waals surface area contributed by atoms with Crippen molar-refractivity contribution in [2.75, 3.05) is 62.3 Å². The Kier molecular flexibility index (Phi) is 13.5. The maximum Gasteiger partial charge on any atom is 0.329 e. The van der Waals surface area contributed by atoms with E-state index >= 15 is 17.6 Å². The van der Waals surface area contributed by atoms with Gasteiger partial charge in [-0.3, -0.25) is 24.5 Å². The molecule has 3 atom stereocenters. The minimum Gasteiger partial charge on any atom is -0.488 e. The van der Waals surface area contributed by atoms with Gasteiger partial charge in [0, 0.05) is 91.7 Å². The number of aliphatic hydroxyl groups is 1. The SMILES string of the molecule is C[C@H]1c2c(cc(F)c(Cl)c2-c2c(C(N)=O)ccc(OCCO)c2F)O[C@]1(CNC1Cc2ccc(N3CCC(N4CCC(c5c(F)cc6c(N7CCC(=O)NC7=O)nn(C)c6c5F)CC4)CC3)cc2C1)c1ccccc1. The Morgan fingerprint density at radius 2 is 1.65 bits per heavy atom. The van der Waals surface area contributed by atoms with Gasteiger partial charge in [0.2, 0.25) is 11.8 Å². The highest BCUT2D eigenvalue weighted by Gasteiger charge is 2.50. The average Bonchev–Trinajstić information content (AvgIpc) is 4.06. The molecule has 19 heteroatoms. The zero-order chi connectivity index (χ0) is 52.4. The summed E-state index contributed by atoms with van der Waals surface area (Å²) in [5.74, 6) is -5.37. The van der Waals surface area contributed by atoms with Crippen molar-refractivity contribution in [3.05, 3.63) is 134 Å². The van der Waals surface area contributed by atoms with Gasteiger partial charge in [-0.25, -0.2) is 22.4 Å². The van der Waals surface area contributed by atoms with Crippen LogP contribution in [0.5, 0.6) is 11.5 Å². The molecule has 5 aromatic carbocycles. The van der Waals surface area contributed by atoms with Gasteiger partial charge < -0.3 is 35.4 Å². The second-order valence-electron chi connectivity index (χ2n) is 20.4. The lowest BCUT2D eigenvalue weighted by atomic mass is 9.77. The molecule has 14 nitrogen and oxygen atoms in total. The molecule has 5 N–H and O–H groups in total. The van der Waals surface area contributed by atoms with Crippen LogP contribution in [-0.2, 0) is 30.3 Å². The second kappa shape index (κ2) is 20.1. The summed E-state index contributed by atoms with van der Waals surface area (Å²) < 4.78 is 78.4. The largest absolute Gasteiger partial charge is 0.488 e. The number of amides is 4. The zero-order valence-electron chi connectivity index (χ0n) is 41.5. The molecule has 0 saturated carbocycles. The van der Waals surface area contributed by atoms with E-state index in [0.29, 0.717) is 31.0 Å². The van der Waals surface area contributed by atoms with Gasteiger partial charge in [-0.15, -0.1) is 0 Å². The first-order chi connectivity index (χ1) is 36.1.